The van der Waals surface area contributed by atoms with Crippen molar-refractivity contribution in [2.45, 2.75) is 40.5 Å². The molecule has 0 radical (unpaired) electrons. The van der Waals surface area contributed by atoms with Crippen LogP contribution < -0.4 is 0 Å². The van der Waals surface area contributed by atoms with Crippen LogP contribution >= 0.6 is 0 Å². The van der Waals surface area contributed by atoms with E-state index in [4.69, 9.17) is 0 Å². The van der Waals surface area contributed by atoms with Crippen LogP contribution in [0.1, 0.15) is 40.5 Å². The zero-order chi connectivity index (χ0) is 8.43. The van der Waals surface area contributed by atoms with Crippen molar-refractivity contribution in [1.29, 1.82) is 0 Å². The number of rotatable bonds is 1. The van der Waals surface area contributed by atoms with Crippen molar-refractivity contribution < 1.29 is 0 Å². The number of hydrogen-bond donors (Lipinski definition) is 0. The molecule has 0 bridgehead atoms. The first-order chi connectivity index (χ1) is 5.15. The Morgan fingerprint density at radius 3 is 2.45 bits per heavy atom. The summed E-state index contributed by atoms with van der Waals surface area (Å²) in [5.74, 6) is 2.57. The molecule has 3 unspecified atom stereocenters. The number of hydrogen-bond acceptors (Lipinski definition) is 0. The maximum absolute atomic E-state index is 2.48. The molecule has 0 aromatic carbocycles. The van der Waals surface area contributed by atoms with Gasteiger partial charge in [0.15, 0.2) is 0 Å². The molecule has 3 atom stereocenters. The molecule has 0 heteroatoms. The van der Waals surface area contributed by atoms with Crippen LogP contribution in [0.3, 0.4) is 0 Å². The molecule has 0 amide bonds. The van der Waals surface area contributed by atoms with Crippen molar-refractivity contribution in [3.05, 3.63) is 11.6 Å². The molecule has 64 valence electrons. The summed E-state index contributed by atoms with van der Waals surface area (Å²) < 4.78 is 0. The molecule has 1 aliphatic carbocycles. The average Bonchev–Trinajstić information content (AvgIpc) is 1.99. The first-order valence-electron chi connectivity index (χ1n) is 4.84. The van der Waals surface area contributed by atoms with Crippen LogP contribution in [0, 0.1) is 17.8 Å². The van der Waals surface area contributed by atoms with Gasteiger partial charge in [0.2, 0.25) is 0 Å². The molecule has 0 fully saturated rings. The lowest BCUT2D eigenvalue weighted by atomic mass is 9.75. The fourth-order valence-corrected chi connectivity index (χ4v) is 1.97. The Morgan fingerprint density at radius 1 is 1.36 bits per heavy atom. The van der Waals surface area contributed by atoms with E-state index in [0.29, 0.717) is 0 Å². The van der Waals surface area contributed by atoms with E-state index in [9.17, 15) is 0 Å². The lowest BCUT2D eigenvalue weighted by Gasteiger charge is -2.30. The molecule has 0 aromatic rings. The minimum absolute atomic E-state index is 0.800. The van der Waals surface area contributed by atoms with Gasteiger partial charge in [-0.2, -0.15) is 0 Å². The standard InChI is InChI=1S/C11H20/c1-5-11-6-8(2)10(4)9(3)7-11/h6,8-10H,5,7H2,1-4H3. The molecule has 0 N–H and O–H groups in total. The Kier molecular flexibility index (Phi) is 2.75. The highest BCUT2D eigenvalue weighted by molar-refractivity contribution is 5.09. The third kappa shape index (κ3) is 1.85. The summed E-state index contributed by atoms with van der Waals surface area (Å²) in [6, 6.07) is 0. The molecule has 11 heavy (non-hydrogen) atoms. The van der Waals surface area contributed by atoms with Gasteiger partial charge < -0.3 is 0 Å². The Morgan fingerprint density at radius 2 is 2.00 bits per heavy atom. The Labute approximate surface area is 70.7 Å². The van der Waals surface area contributed by atoms with Crippen LogP contribution in [0.2, 0.25) is 0 Å². The van der Waals surface area contributed by atoms with Crippen molar-refractivity contribution in [2.24, 2.45) is 17.8 Å². The van der Waals surface area contributed by atoms with E-state index >= 15 is 0 Å². The van der Waals surface area contributed by atoms with E-state index in [1.54, 1.807) is 5.57 Å². The second-order valence-electron chi connectivity index (χ2n) is 4.08. The van der Waals surface area contributed by atoms with Crippen LogP contribution in [0.4, 0.5) is 0 Å². The van der Waals surface area contributed by atoms with E-state index in [-0.39, 0.29) is 0 Å². The third-order valence-corrected chi connectivity index (χ3v) is 3.26. The maximum Gasteiger partial charge on any atom is -0.0231 e. The van der Waals surface area contributed by atoms with E-state index < -0.39 is 0 Å². The van der Waals surface area contributed by atoms with E-state index in [1.807, 2.05) is 0 Å². The van der Waals surface area contributed by atoms with Gasteiger partial charge in [-0.15, -0.1) is 0 Å². The molecule has 0 nitrogen and oxygen atoms in total. The lowest BCUT2D eigenvalue weighted by molar-refractivity contribution is 0.295. The normalized spacial score (nSPS) is 38.5. The molecule has 0 spiro atoms. The molecule has 0 saturated carbocycles. The molecular weight excluding hydrogens is 132 g/mol. The smallest absolute Gasteiger partial charge is 0.0231 e. The predicted molar refractivity (Wildman–Crippen MR) is 50.5 cm³/mol. The second kappa shape index (κ2) is 3.42. The van der Waals surface area contributed by atoms with Crippen molar-refractivity contribution in [3.63, 3.8) is 0 Å². The molecule has 0 aliphatic heterocycles. The molecule has 0 heterocycles. The van der Waals surface area contributed by atoms with Crippen molar-refractivity contribution in [3.8, 4) is 0 Å². The summed E-state index contributed by atoms with van der Waals surface area (Å²) in [6.07, 6.45) is 5.06. The first-order valence-corrected chi connectivity index (χ1v) is 4.84. The SMILES string of the molecule is CCC1=CC(C)C(C)C(C)C1. The Hall–Kier alpha value is -0.260. The maximum atomic E-state index is 2.48. The molecular formula is C11H20. The molecule has 0 aromatic heterocycles. The van der Waals surface area contributed by atoms with Crippen LogP contribution in [0.15, 0.2) is 11.6 Å². The quantitative estimate of drug-likeness (QED) is 0.503. The Bertz CT molecular complexity index is 155. The average molecular weight is 152 g/mol. The molecule has 0 saturated heterocycles. The van der Waals surface area contributed by atoms with Crippen molar-refractivity contribution in [2.75, 3.05) is 0 Å². The Balaban J connectivity index is 2.68. The summed E-state index contributed by atoms with van der Waals surface area (Å²) in [7, 11) is 0. The van der Waals surface area contributed by atoms with Crippen molar-refractivity contribution in [1.82, 2.24) is 0 Å². The van der Waals surface area contributed by atoms with Gasteiger partial charge in [0.1, 0.15) is 0 Å². The minimum Gasteiger partial charge on any atom is -0.0822 e. The highest BCUT2D eigenvalue weighted by Gasteiger charge is 2.22. The van der Waals surface area contributed by atoms with Gasteiger partial charge in [0.05, 0.1) is 0 Å². The van der Waals surface area contributed by atoms with Gasteiger partial charge in [-0.05, 0) is 30.6 Å². The summed E-state index contributed by atoms with van der Waals surface area (Å²) >= 11 is 0. The summed E-state index contributed by atoms with van der Waals surface area (Å²) in [5.41, 5.74) is 1.67. The van der Waals surface area contributed by atoms with Crippen LogP contribution in [0.5, 0.6) is 0 Å². The summed E-state index contributed by atoms with van der Waals surface area (Å²) in [5, 5.41) is 0. The minimum atomic E-state index is 0.800. The summed E-state index contributed by atoms with van der Waals surface area (Å²) in [4.78, 5) is 0. The van der Waals surface area contributed by atoms with Crippen LogP contribution in [-0.2, 0) is 0 Å². The highest BCUT2D eigenvalue weighted by Crippen LogP contribution is 2.33. The van der Waals surface area contributed by atoms with Gasteiger partial charge in [0, 0.05) is 0 Å². The van der Waals surface area contributed by atoms with E-state index in [1.165, 1.54) is 12.8 Å². The lowest BCUT2D eigenvalue weighted by Crippen LogP contribution is -2.20. The predicted octanol–water partition coefficient (Wildman–Crippen LogP) is 3.63. The van der Waals surface area contributed by atoms with E-state index in [2.05, 4.69) is 33.8 Å². The summed E-state index contributed by atoms with van der Waals surface area (Å²) in [6.45, 7) is 9.36. The van der Waals surface area contributed by atoms with Crippen LogP contribution in [-0.4, -0.2) is 0 Å². The monoisotopic (exact) mass is 152 g/mol. The molecule has 1 aliphatic rings. The van der Waals surface area contributed by atoms with Crippen molar-refractivity contribution >= 4 is 0 Å². The topological polar surface area (TPSA) is 0 Å². The van der Waals surface area contributed by atoms with Gasteiger partial charge in [-0.25, -0.2) is 0 Å². The zero-order valence-corrected chi connectivity index (χ0v) is 8.22. The first kappa shape index (κ1) is 8.83. The van der Waals surface area contributed by atoms with E-state index in [0.717, 1.165) is 17.8 Å². The second-order valence-corrected chi connectivity index (χ2v) is 4.08. The third-order valence-electron chi connectivity index (χ3n) is 3.26. The van der Waals surface area contributed by atoms with Crippen LogP contribution in [0.25, 0.3) is 0 Å². The van der Waals surface area contributed by atoms with Gasteiger partial charge in [0.25, 0.3) is 0 Å². The highest BCUT2D eigenvalue weighted by atomic mass is 14.3. The molecule has 1 rings (SSSR count). The fourth-order valence-electron chi connectivity index (χ4n) is 1.97. The zero-order valence-electron chi connectivity index (χ0n) is 8.22. The van der Waals surface area contributed by atoms with Gasteiger partial charge >= 0.3 is 0 Å². The van der Waals surface area contributed by atoms with Gasteiger partial charge in [-0.3, -0.25) is 0 Å². The van der Waals surface area contributed by atoms with Gasteiger partial charge in [-0.1, -0.05) is 39.3 Å². The largest absolute Gasteiger partial charge is 0.0822 e. The number of allylic oxidation sites excluding steroid dienone is 2. The fraction of sp³-hybridized carbons (Fsp3) is 0.818.